The number of nitrogens with zero attached hydrogens (tertiary/aromatic N) is 2. The average molecular weight is 413 g/mol. The van der Waals surface area contributed by atoms with E-state index in [4.69, 9.17) is 0 Å². The molecule has 0 fully saturated rings. The molecule has 3 rings (SSSR count). The van der Waals surface area contributed by atoms with Gasteiger partial charge in [-0.25, -0.2) is 35.7 Å². The lowest BCUT2D eigenvalue weighted by Crippen LogP contribution is -2.27. The molecule has 6 nitrogen and oxygen atoms in total. The molecule has 0 radical (unpaired) electrons. The number of carbonyl (C=O) groups excluding carboxylic acids is 1. The molecular weight excluding hydrogens is 402 g/mol. The second kappa shape index (κ2) is 7.52. The number of aldehydes is 1. The van der Waals surface area contributed by atoms with Crippen LogP contribution in [0.25, 0.3) is 5.69 Å². The fraction of sp³-hybridized carbons (Fsp3) is 0.0588. The Hall–Kier alpha value is -3.05. The molecule has 0 bridgehead atoms. The molecule has 0 amide bonds. The maximum absolute atomic E-state index is 13.7. The molecule has 0 saturated heterocycles. The third kappa shape index (κ3) is 3.66. The fourth-order valence-corrected chi connectivity index (χ4v) is 3.54. The van der Waals surface area contributed by atoms with E-state index in [0.29, 0.717) is 18.4 Å². The number of halogens is 4. The van der Waals surface area contributed by atoms with Crippen molar-refractivity contribution in [1.82, 2.24) is 14.3 Å². The van der Waals surface area contributed by atoms with Gasteiger partial charge in [0.1, 0.15) is 17.3 Å². The first-order valence-electron chi connectivity index (χ1n) is 7.65. The third-order valence-corrected chi connectivity index (χ3v) is 5.07. The molecular formula is C17H11F4N3O3S. The van der Waals surface area contributed by atoms with E-state index in [1.165, 1.54) is 12.1 Å². The minimum atomic E-state index is -4.49. The molecule has 146 valence electrons. The third-order valence-electron chi connectivity index (χ3n) is 3.78. The van der Waals surface area contributed by atoms with Gasteiger partial charge in [0.2, 0.25) is 5.16 Å². The normalized spacial score (nSPS) is 11.6. The second-order valence-electron chi connectivity index (χ2n) is 5.54. The Labute approximate surface area is 156 Å². The number of sulfonamides is 1. The molecule has 3 aromatic rings. The molecule has 0 aliphatic rings. The minimum Gasteiger partial charge on any atom is -0.296 e. The zero-order chi connectivity index (χ0) is 20.5. The Morgan fingerprint density at radius 1 is 1.00 bits per heavy atom. The minimum absolute atomic E-state index is 0.115. The van der Waals surface area contributed by atoms with Crippen LogP contribution in [0.5, 0.6) is 0 Å². The van der Waals surface area contributed by atoms with Crippen LogP contribution in [0.2, 0.25) is 0 Å². The molecule has 28 heavy (non-hydrogen) atoms. The highest BCUT2D eigenvalue weighted by atomic mass is 32.2. The number of benzene rings is 2. The van der Waals surface area contributed by atoms with Crippen molar-refractivity contribution < 1.29 is 30.8 Å². The highest BCUT2D eigenvalue weighted by molar-refractivity contribution is 7.89. The highest BCUT2D eigenvalue weighted by Gasteiger charge is 2.25. The summed E-state index contributed by atoms with van der Waals surface area (Å²) in [5, 5.41) is -0.668. The maximum atomic E-state index is 13.7. The smallest absolute Gasteiger partial charge is 0.275 e. The van der Waals surface area contributed by atoms with Gasteiger partial charge in [0, 0.05) is 17.8 Å². The van der Waals surface area contributed by atoms with E-state index in [2.05, 4.69) is 4.98 Å². The predicted octanol–water partition coefficient (Wildman–Crippen LogP) is 2.72. The molecule has 11 heteroatoms. The van der Waals surface area contributed by atoms with Crippen LogP contribution in [0.1, 0.15) is 16.1 Å². The number of carbonyl (C=O) groups is 1. The van der Waals surface area contributed by atoms with Crippen LogP contribution in [-0.4, -0.2) is 24.3 Å². The zero-order valence-electron chi connectivity index (χ0n) is 13.9. The maximum Gasteiger partial charge on any atom is 0.275 e. The van der Waals surface area contributed by atoms with Crippen molar-refractivity contribution in [2.24, 2.45) is 0 Å². The van der Waals surface area contributed by atoms with Crippen molar-refractivity contribution in [2.75, 3.05) is 0 Å². The summed E-state index contributed by atoms with van der Waals surface area (Å²) in [6, 6.07) is 5.76. The zero-order valence-corrected chi connectivity index (χ0v) is 14.7. The van der Waals surface area contributed by atoms with Gasteiger partial charge in [0.15, 0.2) is 17.9 Å². The van der Waals surface area contributed by atoms with E-state index >= 15 is 0 Å². The number of hydrogen-bond donors (Lipinski definition) is 1. The SMILES string of the molecule is O=Cc1cnc(S(=O)(=O)NCc2c(F)ccc(F)c2F)n1-c1ccc(F)cc1. The van der Waals surface area contributed by atoms with E-state index in [0.717, 1.165) is 22.9 Å². The van der Waals surface area contributed by atoms with Crippen molar-refractivity contribution in [3.63, 3.8) is 0 Å². The quantitative estimate of drug-likeness (QED) is 0.383. The topological polar surface area (TPSA) is 81.1 Å². The number of aromatic nitrogens is 2. The summed E-state index contributed by atoms with van der Waals surface area (Å²) in [6.45, 7) is -0.898. The van der Waals surface area contributed by atoms with Crippen molar-refractivity contribution in [3.05, 3.63) is 77.1 Å². The van der Waals surface area contributed by atoms with Crippen LogP contribution >= 0.6 is 0 Å². The summed E-state index contributed by atoms with van der Waals surface area (Å²) >= 11 is 0. The molecule has 0 aliphatic heterocycles. The predicted molar refractivity (Wildman–Crippen MR) is 89.3 cm³/mol. The Kier molecular flexibility index (Phi) is 5.29. The molecule has 0 spiro atoms. The summed E-state index contributed by atoms with van der Waals surface area (Å²) in [6.07, 6.45) is 1.30. The van der Waals surface area contributed by atoms with Gasteiger partial charge in [-0.15, -0.1) is 0 Å². The monoisotopic (exact) mass is 413 g/mol. The van der Waals surface area contributed by atoms with Gasteiger partial charge >= 0.3 is 0 Å². The van der Waals surface area contributed by atoms with Gasteiger partial charge in [0.05, 0.1) is 6.20 Å². The second-order valence-corrected chi connectivity index (χ2v) is 7.20. The summed E-state index contributed by atoms with van der Waals surface area (Å²) in [5.41, 5.74) is -0.862. The van der Waals surface area contributed by atoms with Gasteiger partial charge < -0.3 is 0 Å². The van der Waals surface area contributed by atoms with Crippen molar-refractivity contribution in [3.8, 4) is 5.69 Å². The van der Waals surface area contributed by atoms with Gasteiger partial charge in [-0.05, 0) is 36.4 Å². The van der Waals surface area contributed by atoms with E-state index < -0.39 is 50.6 Å². The Balaban J connectivity index is 1.99. The lowest BCUT2D eigenvalue weighted by Gasteiger charge is -2.12. The van der Waals surface area contributed by atoms with Crippen molar-refractivity contribution in [1.29, 1.82) is 0 Å². The Morgan fingerprint density at radius 3 is 2.29 bits per heavy atom. The summed E-state index contributed by atoms with van der Waals surface area (Å²) < 4.78 is 81.8. The number of imidazole rings is 1. The van der Waals surface area contributed by atoms with Crippen LogP contribution < -0.4 is 4.72 Å². The lowest BCUT2D eigenvalue weighted by atomic mass is 10.2. The van der Waals surface area contributed by atoms with Gasteiger partial charge in [0.25, 0.3) is 10.0 Å². The van der Waals surface area contributed by atoms with Crippen LogP contribution in [0, 0.1) is 23.3 Å². The largest absolute Gasteiger partial charge is 0.296 e. The van der Waals surface area contributed by atoms with Crippen LogP contribution in [0.15, 0.2) is 47.8 Å². The fourth-order valence-electron chi connectivity index (χ4n) is 2.43. The Morgan fingerprint density at radius 2 is 1.64 bits per heavy atom. The van der Waals surface area contributed by atoms with Crippen molar-refractivity contribution in [2.45, 2.75) is 11.7 Å². The number of hydrogen-bond acceptors (Lipinski definition) is 4. The van der Waals surface area contributed by atoms with Gasteiger partial charge in [-0.2, -0.15) is 0 Å². The van der Waals surface area contributed by atoms with Crippen LogP contribution in [-0.2, 0) is 16.6 Å². The number of rotatable bonds is 6. The van der Waals surface area contributed by atoms with E-state index in [1.54, 1.807) is 0 Å². The Bertz CT molecular complexity index is 1150. The lowest BCUT2D eigenvalue weighted by molar-refractivity contribution is 0.111. The molecule has 1 heterocycles. The molecule has 1 aromatic heterocycles. The van der Waals surface area contributed by atoms with Crippen LogP contribution in [0.3, 0.4) is 0 Å². The summed E-state index contributed by atoms with van der Waals surface area (Å²) in [4.78, 5) is 14.9. The van der Waals surface area contributed by atoms with E-state index in [-0.39, 0.29) is 11.4 Å². The molecule has 2 aromatic carbocycles. The summed E-state index contributed by atoms with van der Waals surface area (Å²) in [5.74, 6) is -4.60. The molecule has 0 aliphatic carbocycles. The molecule has 1 N–H and O–H groups in total. The van der Waals surface area contributed by atoms with E-state index in [9.17, 15) is 30.8 Å². The first-order valence-corrected chi connectivity index (χ1v) is 9.14. The summed E-state index contributed by atoms with van der Waals surface area (Å²) in [7, 11) is -4.49. The average Bonchev–Trinajstić information content (AvgIpc) is 3.10. The molecule has 0 unspecified atom stereocenters. The van der Waals surface area contributed by atoms with Gasteiger partial charge in [-0.3, -0.25) is 9.36 Å². The number of nitrogens with one attached hydrogen (secondary N) is 1. The van der Waals surface area contributed by atoms with Crippen molar-refractivity contribution >= 4 is 16.3 Å². The highest BCUT2D eigenvalue weighted by Crippen LogP contribution is 2.20. The first kappa shape index (κ1) is 19.7. The molecule has 0 saturated carbocycles. The van der Waals surface area contributed by atoms with Crippen LogP contribution in [0.4, 0.5) is 17.6 Å². The first-order chi connectivity index (χ1) is 13.2. The molecule has 0 atom stereocenters. The standard InChI is InChI=1S/C17H11F4N3O3S/c18-10-1-3-11(4-2-10)24-12(9-25)7-22-17(24)28(26,27)23-8-13-14(19)5-6-15(20)16(13)21/h1-7,9,23H,8H2. The van der Waals surface area contributed by atoms with Gasteiger partial charge in [-0.1, -0.05) is 0 Å². The van der Waals surface area contributed by atoms with E-state index in [1.807, 2.05) is 4.72 Å².